The minimum Gasteiger partial charge on any atom is -0.477 e. The minimum atomic E-state index is -3.79. The second kappa shape index (κ2) is 4.91. The zero-order valence-corrected chi connectivity index (χ0v) is 12.4. The number of carboxylic acids is 1. The average Bonchev–Trinajstić information content (AvgIpc) is 2.87. The van der Waals surface area contributed by atoms with Crippen molar-refractivity contribution >= 4 is 44.4 Å². The standard InChI is InChI=1S/C10H10N2O4S3/c1-5-4-17-9(10(13)14)8(5)12-19(15,16)7-3-11-6(2)18-7/h3-4,12H,1-2H3,(H,13,14). The van der Waals surface area contributed by atoms with Crippen LogP contribution in [-0.4, -0.2) is 24.5 Å². The molecule has 0 bridgehead atoms. The fourth-order valence-corrected chi connectivity index (χ4v) is 4.54. The highest BCUT2D eigenvalue weighted by Crippen LogP contribution is 2.30. The van der Waals surface area contributed by atoms with Crippen LogP contribution in [0.3, 0.4) is 0 Å². The van der Waals surface area contributed by atoms with E-state index in [9.17, 15) is 13.2 Å². The zero-order chi connectivity index (χ0) is 14.2. The van der Waals surface area contributed by atoms with Crippen molar-refractivity contribution in [1.82, 2.24) is 4.98 Å². The normalized spacial score (nSPS) is 11.5. The number of carboxylic acid groups (broad SMARTS) is 1. The van der Waals surface area contributed by atoms with E-state index in [2.05, 4.69) is 9.71 Å². The van der Waals surface area contributed by atoms with Gasteiger partial charge in [-0.3, -0.25) is 4.72 Å². The number of hydrogen-bond donors (Lipinski definition) is 2. The summed E-state index contributed by atoms with van der Waals surface area (Å²) in [5.74, 6) is -1.16. The first-order chi connectivity index (χ1) is 8.81. The van der Waals surface area contributed by atoms with Crippen LogP contribution in [0.4, 0.5) is 5.69 Å². The number of anilines is 1. The first-order valence-corrected chi connectivity index (χ1v) is 8.26. The molecule has 0 saturated heterocycles. The van der Waals surface area contributed by atoms with Crippen molar-refractivity contribution in [2.45, 2.75) is 18.1 Å². The lowest BCUT2D eigenvalue weighted by molar-refractivity contribution is 0.0703. The molecular weight excluding hydrogens is 308 g/mol. The molecule has 0 saturated carbocycles. The zero-order valence-electron chi connectivity index (χ0n) is 10.00. The monoisotopic (exact) mass is 318 g/mol. The maximum Gasteiger partial charge on any atom is 0.348 e. The Hall–Kier alpha value is -1.45. The Bertz CT molecular complexity index is 730. The van der Waals surface area contributed by atoms with Crippen molar-refractivity contribution in [3.8, 4) is 0 Å². The molecule has 0 amide bonds. The van der Waals surface area contributed by atoms with Crippen LogP contribution < -0.4 is 4.72 Å². The van der Waals surface area contributed by atoms with E-state index in [0.29, 0.717) is 10.6 Å². The first kappa shape index (κ1) is 14.0. The molecule has 2 heterocycles. The van der Waals surface area contributed by atoms with E-state index in [1.807, 2.05) is 0 Å². The number of aryl methyl sites for hydroxylation is 2. The van der Waals surface area contributed by atoms with Crippen molar-refractivity contribution in [2.75, 3.05) is 4.72 Å². The van der Waals surface area contributed by atoms with E-state index >= 15 is 0 Å². The Kier molecular flexibility index (Phi) is 3.61. The Balaban J connectivity index is 2.41. The van der Waals surface area contributed by atoms with Gasteiger partial charge in [-0.15, -0.1) is 22.7 Å². The molecule has 0 aliphatic rings. The Morgan fingerprint density at radius 1 is 1.42 bits per heavy atom. The number of nitrogens with one attached hydrogen (secondary N) is 1. The van der Waals surface area contributed by atoms with Crippen LogP contribution in [0.25, 0.3) is 0 Å². The third-order valence-electron chi connectivity index (χ3n) is 2.27. The summed E-state index contributed by atoms with van der Waals surface area (Å²) in [7, 11) is -3.79. The lowest BCUT2D eigenvalue weighted by Gasteiger charge is -2.06. The molecular formula is C10H10N2O4S3. The first-order valence-electron chi connectivity index (χ1n) is 5.08. The molecule has 0 unspecified atom stereocenters. The summed E-state index contributed by atoms with van der Waals surface area (Å²) in [5, 5.41) is 11.2. The highest BCUT2D eigenvalue weighted by Gasteiger charge is 2.23. The van der Waals surface area contributed by atoms with E-state index in [4.69, 9.17) is 5.11 Å². The van der Waals surface area contributed by atoms with Crippen LogP contribution in [0.15, 0.2) is 15.8 Å². The number of aromatic nitrogens is 1. The smallest absolute Gasteiger partial charge is 0.348 e. The number of thiophene rings is 1. The van der Waals surface area contributed by atoms with Gasteiger partial charge in [-0.1, -0.05) is 0 Å². The minimum absolute atomic E-state index is 0.0256. The van der Waals surface area contributed by atoms with Gasteiger partial charge in [-0.2, -0.15) is 0 Å². The Labute approximate surface area is 117 Å². The molecule has 2 rings (SSSR count). The molecule has 0 fully saturated rings. The summed E-state index contributed by atoms with van der Waals surface area (Å²) < 4.78 is 26.6. The third-order valence-corrected chi connectivity index (χ3v) is 6.08. The van der Waals surface area contributed by atoms with Gasteiger partial charge in [0.1, 0.15) is 4.88 Å². The molecule has 0 atom stereocenters. The fourth-order valence-electron chi connectivity index (χ4n) is 1.38. The van der Waals surface area contributed by atoms with Crippen LogP contribution in [0, 0.1) is 13.8 Å². The second-order valence-electron chi connectivity index (χ2n) is 3.73. The van der Waals surface area contributed by atoms with E-state index in [1.54, 1.807) is 19.2 Å². The van der Waals surface area contributed by atoms with Gasteiger partial charge in [0.05, 0.1) is 16.9 Å². The number of rotatable bonds is 4. The van der Waals surface area contributed by atoms with Gasteiger partial charge in [0, 0.05) is 0 Å². The molecule has 102 valence electrons. The summed E-state index contributed by atoms with van der Waals surface area (Å²) in [6, 6.07) is 0. The summed E-state index contributed by atoms with van der Waals surface area (Å²) in [6.07, 6.45) is 1.25. The van der Waals surface area contributed by atoms with Crippen molar-refractivity contribution in [3.63, 3.8) is 0 Å². The summed E-state index contributed by atoms with van der Waals surface area (Å²) >= 11 is 2.02. The third kappa shape index (κ3) is 2.77. The van der Waals surface area contributed by atoms with Gasteiger partial charge in [-0.05, 0) is 24.8 Å². The number of hydrogen-bond acceptors (Lipinski definition) is 6. The molecule has 0 spiro atoms. The van der Waals surface area contributed by atoms with Crippen LogP contribution in [0.1, 0.15) is 20.2 Å². The van der Waals surface area contributed by atoms with Gasteiger partial charge in [0.15, 0.2) is 4.21 Å². The van der Waals surface area contributed by atoms with Gasteiger partial charge in [-0.25, -0.2) is 18.2 Å². The average molecular weight is 318 g/mol. The van der Waals surface area contributed by atoms with Crippen LogP contribution >= 0.6 is 22.7 Å². The van der Waals surface area contributed by atoms with Crippen molar-refractivity contribution in [2.24, 2.45) is 0 Å². The van der Waals surface area contributed by atoms with Crippen LogP contribution in [-0.2, 0) is 10.0 Å². The van der Waals surface area contributed by atoms with Gasteiger partial charge in [0.25, 0.3) is 10.0 Å². The lowest BCUT2D eigenvalue weighted by Crippen LogP contribution is -2.14. The molecule has 2 aromatic rings. The highest BCUT2D eigenvalue weighted by molar-refractivity contribution is 7.94. The summed E-state index contributed by atoms with van der Waals surface area (Å²) in [4.78, 5) is 14.9. The lowest BCUT2D eigenvalue weighted by atomic mass is 10.3. The van der Waals surface area contributed by atoms with E-state index < -0.39 is 16.0 Å². The predicted octanol–water partition coefficient (Wildman–Crippen LogP) is 2.32. The molecule has 2 N–H and O–H groups in total. The molecule has 9 heteroatoms. The Morgan fingerprint density at radius 3 is 2.63 bits per heavy atom. The highest BCUT2D eigenvalue weighted by atomic mass is 32.2. The van der Waals surface area contributed by atoms with Gasteiger partial charge in [0.2, 0.25) is 0 Å². The molecule has 19 heavy (non-hydrogen) atoms. The number of sulfonamides is 1. The molecule has 0 aliphatic heterocycles. The van der Waals surface area contributed by atoms with Gasteiger partial charge < -0.3 is 5.11 Å². The van der Waals surface area contributed by atoms with Crippen molar-refractivity contribution < 1.29 is 18.3 Å². The molecule has 0 aromatic carbocycles. The number of aromatic carboxylic acids is 1. The fraction of sp³-hybridized carbons (Fsp3) is 0.200. The van der Waals surface area contributed by atoms with Crippen LogP contribution in [0.2, 0.25) is 0 Å². The second-order valence-corrected chi connectivity index (χ2v) is 7.76. The van der Waals surface area contributed by atoms with E-state index in [-0.39, 0.29) is 14.8 Å². The van der Waals surface area contributed by atoms with Crippen LogP contribution in [0.5, 0.6) is 0 Å². The molecule has 0 radical (unpaired) electrons. The van der Waals surface area contributed by atoms with Gasteiger partial charge >= 0.3 is 5.97 Å². The number of carbonyl (C=O) groups is 1. The quantitative estimate of drug-likeness (QED) is 0.902. The van der Waals surface area contributed by atoms with E-state index in [1.165, 1.54) is 6.20 Å². The summed E-state index contributed by atoms with van der Waals surface area (Å²) in [6.45, 7) is 3.35. The van der Waals surface area contributed by atoms with Crippen molar-refractivity contribution in [3.05, 3.63) is 27.0 Å². The maximum absolute atomic E-state index is 12.1. The van der Waals surface area contributed by atoms with Crippen molar-refractivity contribution in [1.29, 1.82) is 0 Å². The molecule has 6 nitrogen and oxygen atoms in total. The Morgan fingerprint density at radius 2 is 2.11 bits per heavy atom. The largest absolute Gasteiger partial charge is 0.477 e. The SMILES string of the molecule is Cc1ncc(S(=O)(=O)Nc2c(C)csc2C(=O)O)s1. The number of nitrogens with zero attached hydrogens (tertiary/aromatic N) is 1. The topological polar surface area (TPSA) is 96.4 Å². The maximum atomic E-state index is 12.1. The molecule has 2 aromatic heterocycles. The van der Waals surface area contributed by atoms with E-state index in [0.717, 1.165) is 22.7 Å². The molecule has 0 aliphatic carbocycles. The number of thiazole rings is 1. The summed E-state index contributed by atoms with van der Waals surface area (Å²) in [5.41, 5.74) is 0.691. The predicted molar refractivity (Wildman–Crippen MR) is 73.7 cm³/mol.